The molecule has 2 heterocycles. The van der Waals surface area contributed by atoms with Crippen LogP contribution in [0, 0.1) is 0 Å². The number of hydrogen-bond donors (Lipinski definition) is 2. The molecule has 0 radical (unpaired) electrons. The van der Waals surface area contributed by atoms with Gasteiger partial charge < -0.3 is 20.2 Å². The van der Waals surface area contributed by atoms with Gasteiger partial charge in [0.2, 0.25) is 0 Å². The number of hydrogen-bond acceptors (Lipinski definition) is 6. The second kappa shape index (κ2) is 9.06. The molecule has 0 aliphatic rings. The van der Waals surface area contributed by atoms with Crippen LogP contribution >= 0.6 is 0 Å². The first-order chi connectivity index (χ1) is 15.1. The Morgan fingerprint density at radius 3 is 2.55 bits per heavy atom. The third-order valence-corrected chi connectivity index (χ3v) is 5.33. The normalized spacial score (nSPS) is 11.0. The molecule has 0 aliphatic heterocycles. The average Bonchev–Trinajstić information content (AvgIpc) is 3.29. The van der Waals surface area contributed by atoms with E-state index in [-0.39, 0.29) is 6.61 Å². The van der Waals surface area contributed by atoms with Gasteiger partial charge in [0.05, 0.1) is 18.5 Å². The smallest absolute Gasteiger partial charge is 0.180 e. The number of imidazole rings is 1. The Morgan fingerprint density at radius 1 is 1.03 bits per heavy atom. The summed E-state index contributed by atoms with van der Waals surface area (Å²) >= 11 is 0. The summed E-state index contributed by atoms with van der Waals surface area (Å²) in [6.07, 6.45) is 5.62. The maximum Gasteiger partial charge on any atom is 0.180 e. The van der Waals surface area contributed by atoms with Gasteiger partial charge >= 0.3 is 0 Å². The van der Waals surface area contributed by atoms with Crippen LogP contribution in [0.1, 0.15) is 6.92 Å². The van der Waals surface area contributed by atoms with Gasteiger partial charge in [-0.1, -0.05) is 12.1 Å². The van der Waals surface area contributed by atoms with Crippen molar-refractivity contribution >= 4 is 28.5 Å². The predicted octanol–water partition coefficient (Wildman–Crippen LogP) is 4.02. The maximum atomic E-state index is 9.23. The number of fused-ring (bicyclic) bond motifs is 1. The summed E-state index contributed by atoms with van der Waals surface area (Å²) in [7, 11) is 4.07. The fourth-order valence-corrected chi connectivity index (χ4v) is 3.65. The molecule has 0 atom stereocenters. The standard InChI is InChI=1S/C24H28N6O/c1-4-29(14-15-31)20-10-8-19(9-11-20)27-23-24-25-12-13-30(24)22(17-26-23)18-6-5-7-21(16-18)28(2)3/h5-13,16-17,31H,4,14-15H2,1-3H3,(H,26,27). The molecule has 160 valence electrons. The Labute approximate surface area is 182 Å². The van der Waals surface area contributed by atoms with Gasteiger partial charge in [0.1, 0.15) is 0 Å². The van der Waals surface area contributed by atoms with Gasteiger partial charge in [-0.25, -0.2) is 9.97 Å². The van der Waals surface area contributed by atoms with Gasteiger partial charge in [0.25, 0.3) is 0 Å². The molecule has 2 aromatic heterocycles. The molecule has 0 amide bonds. The lowest BCUT2D eigenvalue weighted by Gasteiger charge is -2.22. The quantitative estimate of drug-likeness (QED) is 0.452. The molecular weight excluding hydrogens is 388 g/mol. The SMILES string of the molecule is CCN(CCO)c1ccc(Nc2ncc(-c3cccc(N(C)C)c3)n3ccnc23)cc1. The molecule has 0 unspecified atom stereocenters. The Hall–Kier alpha value is -3.58. The molecule has 4 aromatic rings. The minimum atomic E-state index is 0.138. The number of aliphatic hydroxyl groups excluding tert-OH is 1. The summed E-state index contributed by atoms with van der Waals surface area (Å²) in [6, 6.07) is 16.5. The van der Waals surface area contributed by atoms with E-state index in [4.69, 9.17) is 0 Å². The van der Waals surface area contributed by atoms with E-state index < -0.39 is 0 Å². The van der Waals surface area contributed by atoms with Gasteiger partial charge in [-0.3, -0.25) is 4.40 Å². The van der Waals surface area contributed by atoms with Crippen molar-refractivity contribution in [1.29, 1.82) is 0 Å². The van der Waals surface area contributed by atoms with E-state index in [9.17, 15) is 5.11 Å². The zero-order chi connectivity index (χ0) is 21.8. The molecule has 4 rings (SSSR count). The van der Waals surface area contributed by atoms with Crippen molar-refractivity contribution < 1.29 is 5.11 Å². The number of likely N-dealkylation sites (N-methyl/N-ethyl adjacent to an activating group) is 1. The van der Waals surface area contributed by atoms with Crippen molar-refractivity contribution in [3.8, 4) is 11.3 Å². The number of aliphatic hydroxyl groups is 1. The summed E-state index contributed by atoms with van der Waals surface area (Å²) in [4.78, 5) is 13.4. The number of aromatic nitrogens is 3. The lowest BCUT2D eigenvalue weighted by atomic mass is 10.1. The minimum Gasteiger partial charge on any atom is -0.395 e. The van der Waals surface area contributed by atoms with Crippen LogP contribution in [-0.2, 0) is 0 Å². The highest BCUT2D eigenvalue weighted by molar-refractivity contribution is 5.75. The first-order valence-corrected chi connectivity index (χ1v) is 10.4. The summed E-state index contributed by atoms with van der Waals surface area (Å²) in [6.45, 7) is 3.69. The molecule has 31 heavy (non-hydrogen) atoms. The minimum absolute atomic E-state index is 0.138. The van der Waals surface area contributed by atoms with Crippen molar-refractivity contribution in [2.24, 2.45) is 0 Å². The van der Waals surface area contributed by atoms with Gasteiger partial charge in [-0.05, 0) is 43.3 Å². The number of rotatable bonds is 8. The van der Waals surface area contributed by atoms with Gasteiger partial charge in [-0.15, -0.1) is 0 Å². The van der Waals surface area contributed by atoms with Crippen LogP contribution < -0.4 is 15.1 Å². The van der Waals surface area contributed by atoms with E-state index in [1.54, 1.807) is 6.20 Å². The van der Waals surface area contributed by atoms with E-state index in [0.717, 1.165) is 40.5 Å². The lowest BCUT2D eigenvalue weighted by molar-refractivity contribution is 0.302. The highest BCUT2D eigenvalue weighted by Gasteiger charge is 2.12. The lowest BCUT2D eigenvalue weighted by Crippen LogP contribution is -2.25. The fraction of sp³-hybridized carbons (Fsp3) is 0.250. The van der Waals surface area contributed by atoms with Crippen molar-refractivity contribution in [2.45, 2.75) is 6.92 Å². The first-order valence-electron chi connectivity index (χ1n) is 10.4. The Morgan fingerprint density at radius 2 is 1.84 bits per heavy atom. The van der Waals surface area contributed by atoms with Crippen LogP contribution in [0.15, 0.2) is 67.1 Å². The van der Waals surface area contributed by atoms with Crippen LogP contribution in [0.3, 0.4) is 0 Å². The largest absolute Gasteiger partial charge is 0.395 e. The number of nitrogens with zero attached hydrogens (tertiary/aromatic N) is 5. The molecule has 7 nitrogen and oxygen atoms in total. The molecule has 0 bridgehead atoms. The Balaban J connectivity index is 1.63. The molecular formula is C24H28N6O. The monoisotopic (exact) mass is 416 g/mol. The zero-order valence-corrected chi connectivity index (χ0v) is 18.2. The second-order valence-corrected chi connectivity index (χ2v) is 7.53. The molecule has 2 aromatic carbocycles. The van der Waals surface area contributed by atoms with E-state index in [1.807, 2.05) is 50.8 Å². The van der Waals surface area contributed by atoms with Crippen molar-refractivity contribution in [2.75, 3.05) is 48.9 Å². The molecule has 0 saturated heterocycles. The summed E-state index contributed by atoms with van der Waals surface area (Å²) in [5.74, 6) is 0.702. The van der Waals surface area contributed by atoms with Crippen molar-refractivity contribution in [3.05, 3.63) is 67.1 Å². The highest BCUT2D eigenvalue weighted by Crippen LogP contribution is 2.28. The molecule has 2 N–H and O–H groups in total. The van der Waals surface area contributed by atoms with Crippen LogP contribution in [0.4, 0.5) is 22.9 Å². The first kappa shape index (κ1) is 20.7. The predicted molar refractivity (Wildman–Crippen MR) is 127 cm³/mol. The van der Waals surface area contributed by atoms with Gasteiger partial charge in [0.15, 0.2) is 11.5 Å². The van der Waals surface area contributed by atoms with Crippen LogP contribution in [0.25, 0.3) is 16.9 Å². The average molecular weight is 417 g/mol. The topological polar surface area (TPSA) is 68.9 Å². The summed E-state index contributed by atoms with van der Waals surface area (Å²) in [5, 5.41) is 12.6. The molecule has 0 aliphatic carbocycles. The van der Waals surface area contributed by atoms with Gasteiger partial charge in [-0.2, -0.15) is 0 Å². The number of nitrogens with one attached hydrogen (secondary N) is 1. The fourth-order valence-electron chi connectivity index (χ4n) is 3.65. The van der Waals surface area contributed by atoms with Crippen LogP contribution in [0.5, 0.6) is 0 Å². The molecule has 7 heteroatoms. The molecule has 0 spiro atoms. The van der Waals surface area contributed by atoms with Crippen molar-refractivity contribution in [1.82, 2.24) is 14.4 Å². The summed E-state index contributed by atoms with van der Waals surface area (Å²) < 4.78 is 2.05. The maximum absolute atomic E-state index is 9.23. The van der Waals surface area contributed by atoms with E-state index in [0.29, 0.717) is 12.4 Å². The number of benzene rings is 2. The Kier molecular flexibility index (Phi) is 6.04. The zero-order valence-electron chi connectivity index (χ0n) is 18.2. The third-order valence-electron chi connectivity index (χ3n) is 5.33. The second-order valence-electron chi connectivity index (χ2n) is 7.53. The molecule has 0 saturated carbocycles. The van der Waals surface area contributed by atoms with Crippen molar-refractivity contribution in [3.63, 3.8) is 0 Å². The highest BCUT2D eigenvalue weighted by atomic mass is 16.3. The third kappa shape index (κ3) is 4.32. The number of anilines is 4. The van der Waals surface area contributed by atoms with Gasteiger partial charge in [0, 0.05) is 62.2 Å². The van der Waals surface area contributed by atoms with E-state index in [1.165, 1.54) is 0 Å². The van der Waals surface area contributed by atoms with E-state index in [2.05, 4.69) is 60.7 Å². The Bertz CT molecular complexity index is 1150. The molecule has 0 fully saturated rings. The van der Waals surface area contributed by atoms with E-state index >= 15 is 0 Å². The van der Waals surface area contributed by atoms with Crippen LogP contribution in [0.2, 0.25) is 0 Å². The van der Waals surface area contributed by atoms with Crippen LogP contribution in [-0.4, -0.2) is 53.3 Å². The summed E-state index contributed by atoms with van der Waals surface area (Å²) in [5.41, 5.74) is 5.99.